The summed E-state index contributed by atoms with van der Waals surface area (Å²) in [5.41, 5.74) is 19.8. The predicted octanol–water partition coefficient (Wildman–Crippen LogP) is 19.2. The molecule has 0 radical (unpaired) electrons. The summed E-state index contributed by atoms with van der Waals surface area (Å²) in [5, 5.41) is 14.7. The molecule has 0 saturated carbocycles. The Hall–Kier alpha value is -8.87. The number of aromatic nitrogens is 3. The normalized spacial score (nSPS) is 11.9. The van der Waals surface area contributed by atoms with E-state index in [9.17, 15) is 0 Å². The first-order valence-electron chi connectivity index (χ1n) is 24.3. The molecule has 0 bridgehead atoms. The molecule has 12 aromatic carbocycles. The highest BCUT2D eigenvalue weighted by Crippen LogP contribution is 2.47. The summed E-state index contributed by atoms with van der Waals surface area (Å²) in [6.07, 6.45) is 1.89. The van der Waals surface area contributed by atoms with Crippen molar-refractivity contribution < 1.29 is 0 Å². The molecule has 334 valence electrons. The molecule has 3 aromatic heterocycles. The van der Waals surface area contributed by atoms with Gasteiger partial charge in [0, 0.05) is 11.8 Å². The van der Waals surface area contributed by atoms with Crippen LogP contribution in [-0.2, 0) is 0 Å². The van der Waals surface area contributed by atoms with Crippen LogP contribution < -0.4 is 0 Å². The maximum Gasteiger partial charge on any atom is 0.0812 e. The van der Waals surface area contributed by atoms with Gasteiger partial charge in [-0.3, -0.25) is 4.98 Å². The first-order chi connectivity index (χ1) is 35.6. The Morgan fingerprint density at radius 1 is 0.264 bits per heavy atom. The molecule has 0 spiro atoms. The molecule has 72 heavy (non-hydrogen) atoms. The van der Waals surface area contributed by atoms with Crippen molar-refractivity contribution in [1.29, 1.82) is 0 Å². The van der Waals surface area contributed by atoms with Crippen molar-refractivity contribution in [3.05, 3.63) is 236 Å². The van der Waals surface area contributed by atoms with Crippen LogP contribution in [0, 0.1) is 0 Å². The van der Waals surface area contributed by atoms with Crippen molar-refractivity contribution in [3.63, 3.8) is 0 Å². The summed E-state index contributed by atoms with van der Waals surface area (Å²) < 4.78 is 2.38. The summed E-state index contributed by atoms with van der Waals surface area (Å²) in [5.74, 6) is 0. The zero-order valence-corrected chi connectivity index (χ0v) is 40.3. The third-order valence-corrected chi connectivity index (χ3v) is 16.3. The van der Waals surface area contributed by atoms with E-state index in [1.165, 1.54) is 130 Å². The Bertz CT molecular complexity index is 4700. The van der Waals surface area contributed by atoms with E-state index in [4.69, 9.17) is 4.98 Å². The third kappa shape index (κ3) is 6.66. The molecule has 0 fully saturated rings. The molecule has 0 unspecified atom stereocenters. The standard InChI is InChI=1S/C67H39N3S2/c1-2-13-51-40(8-1)19-25-55-53(51)24-21-49-32-50(61-16-3-4-29-68-61)34-60(66(49)55)52-14-7-15-54-59(52)37-57(48-12-6-11-44(31-48)47-23-28-63-65(36-47)72-39-70-63)56-26-20-41-17-18-45(33-58(41)67(54)56)42-9-5-10-43(30-42)46-22-27-62-64(35-46)71-38-69-62/h1-39H. The van der Waals surface area contributed by atoms with E-state index < -0.39 is 0 Å². The summed E-state index contributed by atoms with van der Waals surface area (Å²) in [7, 11) is 0. The van der Waals surface area contributed by atoms with Gasteiger partial charge in [0.15, 0.2) is 0 Å². The Morgan fingerprint density at radius 2 is 0.847 bits per heavy atom. The van der Waals surface area contributed by atoms with Crippen LogP contribution in [0.2, 0.25) is 0 Å². The smallest absolute Gasteiger partial charge is 0.0812 e. The van der Waals surface area contributed by atoms with E-state index in [0.717, 1.165) is 22.3 Å². The molecule has 0 atom stereocenters. The quantitative estimate of drug-likeness (QED) is 0.156. The Kier molecular flexibility index (Phi) is 9.31. The van der Waals surface area contributed by atoms with Crippen LogP contribution in [0.1, 0.15) is 0 Å². The van der Waals surface area contributed by atoms with E-state index in [1.807, 2.05) is 23.3 Å². The Labute approximate surface area is 422 Å². The highest BCUT2D eigenvalue weighted by Gasteiger charge is 2.20. The molecule has 5 heteroatoms. The van der Waals surface area contributed by atoms with Crippen molar-refractivity contribution in [2.45, 2.75) is 0 Å². The Morgan fingerprint density at radius 3 is 1.61 bits per heavy atom. The van der Waals surface area contributed by atoms with Gasteiger partial charge in [-0.05, 0) is 193 Å². The fourth-order valence-corrected chi connectivity index (χ4v) is 12.8. The number of hydrogen-bond acceptors (Lipinski definition) is 5. The second-order valence-electron chi connectivity index (χ2n) is 18.8. The number of benzene rings is 12. The Balaban J connectivity index is 1.02. The third-order valence-electron chi connectivity index (χ3n) is 14.8. The molecular formula is C67H39N3S2. The highest BCUT2D eigenvalue weighted by atomic mass is 32.1. The van der Waals surface area contributed by atoms with Crippen LogP contribution in [0.5, 0.6) is 0 Å². The van der Waals surface area contributed by atoms with E-state index in [0.29, 0.717) is 0 Å². The van der Waals surface area contributed by atoms with Gasteiger partial charge in [-0.2, -0.15) is 0 Å². The highest BCUT2D eigenvalue weighted by molar-refractivity contribution is 7.17. The number of nitrogens with zero attached hydrogens (tertiary/aromatic N) is 3. The van der Waals surface area contributed by atoms with Gasteiger partial charge >= 0.3 is 0 Å². The molecule has 15 rings (SSSR count). The number of hydrogen-bond donors (Lipinski definition) is 0. The van der Waals surface area contributed by atoms with Crippen LogP contribution in [-0.4, -0.2) is 15.0 Å². The number of fused-ring (bicyclic) bond motifs is 12. The lowest BCUT2D eigenvalue weighted by Gasteiger charge is -2.19. The van der Waals surface area contributed by atoms with Crippen molar-refractivity contribution in [2.24, 2.45) is 0 Å². The first kappa shape index (κ1) is 41.0. The van der Waals surface area contributed by atoms with Crippen LogP contribution in [0.25, 0.3) is 152 Å². The van der Waals surface area contributed by atoms with Crippen molar-refractivity contribution >= 4 is 108 Å². The average molecular weight is 950 g/mol. The van der Waals surface area contributed by atoms with Gasteiger partial charge < -0.3 is 0 Å². The second kappa shape index (κ2) is 16.4. The molecule has 3 nitrogen and oxygen atoms in total. The molecule has 0 aliphatic rings. The molecule has 0 amide bonds. The monoisotopic (exact) mass is 949 g/mol. The second-order valence-corrected chi connectivity index (χ2v) is 20.5. The summed E-state index contributed by atoms with van der Waals surface area (Å²) in [6.45, 7) is 0. The SMILES string of the molecule is c1ccc(-c2cc(-c3cccc4c3cc(-c3cccc(-c5ccc6ncsc6c5)c3)c3ccc5ccc(-c6cccc(-c7ccc8ncsc8c7)c6)cc5c34)c3c(ccc4c5ccccc5ccc43)c2)nc1. The van der Waals surface area contributed by atoms with E-state index in [-0.39, 0.29) is 0 Å². The predicted molar refractivity (Wildman–Crippen MR) is 308 cm³/mol. The van der Waals surface area contributed by atoms with E-state index in [2.05, 4.69) is 222 Å². The molecule has 0 aliphatic carbocycles. The van der Waals surface area contributed by atoms with Gasteiger partial charge in [0.05, 0.1) is 37.1 Å². The van der Waals surface area contributed by atoms with Crippen LogP contribution in [0.15, 0.2) is 236 Å². The van der Waals surface area contributed by atoms with Gasteiger partial charge in [0.25, 0.3) is 0 Å². The zero-order valence-electron chi connectivity index (χ0n) is 38.7. The summed E-state index contributed by atoms with van der Waals surface area (Å²) in [6, 6.07) is 81.2. The minimum Gasteiger partial charge on any atom is -0.256 e. The molecule has 0 aliphatic heterocycles. The van der Waals surface area contributed by atoms with Crippen molar-refractivity contribution in [1.82, 2.24) is 15.0 Å². The summed E-state index contributed by atoms with van der Waals surface area (Å²) >= 11 is 3.37. The van der Waals surface area contributed by atoms with Crippen molar-refractivity contribution in [2.75, 3.05) is 0 Å². The lowest BCUT2D eigenvalue weighted by Crippen LogP contribution is -1.92. The number of pyridine rings is 1. The zero-order chi connectivity index (χ0) is 47.3. The largest absolute Gasteiger partial charge is 0.256 e. The number of thiazole rings is 2. The van der Waals surface area contributed by atoms with Crippen LogP contribution in [0.4, 0.5) is 0 Å². The summed E-state index contributed by atoms with van der Waals surface area (Å²) in [4.78, 5) is 14.0. The maximum atomic E-state index is 4.89. The first-order valence-corrected chi connectivity index (χ1v) is 26.0. The maximum absolute atomic E-state index is 4.89. The van der Waals surface area contributed by atoms with E-state index in [1.54, 1.807) is 22.7 Å². The molecular weight excluding hydrogens is 911 g/mol. The van der Waals surface area contributed by atoms with Crippen LogP contribution >= 0.6 is 22.7 Å². The average Bonchev–Trinajstić information content (AvgIpc) is 4.14. The fraction of sp³-hybridized carbons (Fsp3) is 0. The molecule has 3 heterocycles. The lowest BCUT2D eigenvalue weighted by molar-refractivity contribution is 1.33. The molecule has 15 aromatic rings. The number of rotatable bonds is 6. The minimum absolute atomic E-state index is 0.950. The lowest BCUT2D eigenvalue weighted by atomic mass is 9.84. The van der Waals surface area contributed by atoms with Gasteiger partial charge in [0.2, 0.25) is 0 Å². The minimum atomic E-state index is 0.950. The van der Waals surface area contributed by atoms with Crippen LogP contribution in [0.3, 0.4) is 0 Å². The van der Waals surface area contributed by atoms with E-state index >= 15 is 0 Å². The molecule has 0 N–H and O–H groups in total. The van der Waals surface area contributed by atoms with Gasteiger partial charge in [-0.25, -0.2) is 9.97 Å². The van der Waals surface area contributed by atoms with Gasteiger partial charge in [-0.1, -0.05) is 146 Å². The van der Waals surface area contributed by atoms with Gasteiger partial charge in [0.1, 0.15) is 0 Å². The fourth-order valence-electron chi connectivity index (χ4n) is 11.3. The van der Waals surface area contributed by atoms with Gasteiger partial charge in [-0.15, -0.1) is 22.7 Å². The molecule has 0 saturated heterocycles. The van der Waals surface area contributed by atoms with Crippen molar-refractivity contribution in [3.8, 4) is 66.9 Å². The topological polar surface area (TPSA) is 38.7 Å².